The first kappa shape index (κ1) is 14.8. The van der Waals surface area contributed by atoms with Gasteiger partial charge in [0.2, 0.25) is 0 Å². The van der Waals surface area contributed by atoms with Crippen LogP contribution in [0.2, 0.25) is 0 Å². The van der Waals surface area contributed by atoms with E-state index < -0.39 is 4.92 Å². The molecule has 0 unspecified atom stereocenters. The van der Waals surface area contributed by atoms with E-state index in [2.05, 4.69) is 11.9 Å². The quantitative estimate of drug-likeness (QED) is 0.396. The van der Waals surface area contributed by atoms with E-state index in [1.807, 2.05) is 6.07 Å². The Balaban J connectivity index is 2.05. The van der Waals surface area contributed by atoms with Crippen molar-refractivity contribution in [3.63, 3.8) is 0 Å². The van der Waals surface area contributed by atoms with Crippen LogP contribution in [0.1, 0.15) is 44.1 Å². The molecule has 0 radical (unpaired) electrons. The zero-order chi connectivity index (χ0) is 14.5. The molecular formula is C15H23N3O2. The fourth-order valence-electron chi connectivity index (χ4n) is 2.96. The summed E-state index contributed by atoms with van der Waals surface area (Å²) in [6, 6.07) is 5.71. The van der Waals surface area contributed by atoms with Crippen molar-refractivity contribution in [1.82, 2.24) is 4.90 Å². The van der Waals surface area contributed by atoms with E-state index in [0.29, 0.717) is 6.04 Å². The molecule has 110 valence electrons. The van der Waals surface area contributed by atoms with Crippen molar-refractivity contribution in [2.45, 2.75) is 51.1 Å². The third-order valence-corrected chi connectivity index (χ3v) is 4.17. The van der Waals surface area contributed by atoms with Crippen LogP contribution in [0.15, 0.2) is 18.2 Å². The number of hydrogen-bond acceptors (Lipinski definition) is 4. The fourth-order valence-corrected chi connectivity index (χ4v) is 2.96. The molecule has 0 amide bonds. The molecule has 0 aliphatic heterocycles. The van der Waals surface area contributed by atoms with Gasteiger partial charge in [-0.25, -0.2) is 0 Å². The molecule has 20 heavy (non-hydrogen) atoms. The number of nitrogens with two attached hydrogens (primary N) is 1. The second-order valence-electron chi connectivity index (χ2n) is 5.71. The van der Waals surface area contributed by atoms with Crippen LogP contribution in [0.4, 0.5) is 11.4 Å². The Bertz CT molecular complexity index is 468. The number of nitrogens with zero attached hydrogens (tertiary/aromatic N) is 2. The van der Waals surface area contributed by atoms with Gasteiger partial charge in [-0.05, 0) is 31.5 Å². The molecule has 2 rings (SSSR count). The van der Waals surface area contributed by atoms with Crippen molar-refractivity contribution < 1.29 is 4.92 Å². The zero-order valence-electron chi connectivity index (χ0n) is 12.0. The third-order valence-electron chi connectivity index (χ3n) is 4.17. The highest BCUT2D eigenvalue weighted by Gasteiger charge is 2.18. The maximum absolute atomic E-state index is 10.9. The van der Waals surface area contributed by atoms with Crippen molar-refractivity contribution in [3.05, 3.63) is 33.9 Å². The Kier molecular flexibility index (Phi) is 4.95. The number of benzene rings is 1. The van der Waals surface area contributed by atoms with Gasteiger partial charge in [-0.3, -0.25) is 15.0 Å². The van der Waals surface area contributed by atoms with Crippen molar-refractivity contribution in [2.24, 2.45) is 0 Å². The highest BCUT2D eigenvalue weighted by atomic mass is 16.6. The normalized spacial score (nSPS) is 17.1. The van der Waals surface area contributed by atoms with Crippen LogP contribution < -0.4 is 5.73 Å². The van der Waals surface area contributed by atoms with Gasteiger partial charge in [-0.15, -0.1) is 0 Å². The number of nitro benzene ring substituents is 1. The Hall–Kier alpha value is -1.62. The lowest BCUT2D eigenvalue weighted by Crippen LogP contribution is -2.30. The average molecular weight is 277 g/mol. The predicted molar refractivity (Wildman–Crippen MR) is 80.5 cm³/mol. The highest BCUT2D eigenvalue weighted by molar-refractivity contribution is 5.59. The molecule has 1 fully saturated rings. The van der Waals surface area contributed by atoms with Gasteiger partial charge in [-0.1, -0.05) is 31.7 Å². The van der Waals surface area contributed by atoms with Crippen molar-refractivity contribution >= 4 is 11.4 Å². The average Bonchev–Trinajstić information content (AvgIpc) is 2.69. The third kappa shape index (κ3) is 3.70. The van der Waals surface area contributed by atoms with E-state index in [0.717, 1.165) is 12.1 Å². The Morgan fingerprint density at radius 1 is 1.30 bits per heavy atom. The van der Waals surface area contributed by atoms with E-state index in [1.165, 1.54) is 38.5 Å². The number of rotatable bonds is 4. The summed E-state index contributed by atoms with van der Waals surface area (Å²) in [6.07, 6.45) is 7.70. The van der Waals surface area contributed by atoms with Gasteiger partial charge in [-0.2, -0.15) is 0 Å². The fraction of sp³-hybridized carbons (Fsp3) is 0.600. The number of hydrogen-bond donors (Lipinski definition) is 1. The Labute approximate surface area is 119 Å². The molecule has 0 saturated heterocycles. The smallest absolute Gasteiger partial charge is 0.292 e. The van der Waals surface area contributed by atoms with Crippen LogP contribution in [0.3, 0.4) is 0 Å². The molecule has 0 bridgehead atoms. The van der Waals surface area contributed by atoms with Crippen LogP contribution in [0.5, 0.6) is 0 Å². The first-order valence-corrected chi connectivity index (χ1v) is 7.31. The lowest BCUT2D eigenvalue weighted by Gasteiger charge is -2.27. The van der Waals surface area contributed by atoms with Gasteiger partial charge < -0.3 is 5.73 Å². The molecule has 0 aromatic heterocycles. The summed E-state index contributed by atoms with van der Waals surface area (Å²) >= 11 is 0. The van der Waals surface area contributed by atoms with Crippen LogP contribution in [-0.4, -0.2) is 22.9 Å². The first-order valence-electron chi connectivity index (χ1n) is 7.31. The van der Waals surface area contributed by atoms with Gasteiger partial charge in [0.25, 0.3) is 5.69 Å². The van der Waals surface area contributed by atoms with Crippen molar-refractivity contribution in [1.29, 1.82) is 0 Å². The molecule has 5 nitrogen and oxygen atoms in total. The van der Waals surface area contributed by atoms with Crippen molar-refractivity contribution in [2.75, 3.05) is 12.8 Å². The Morgan fingerprint density at radius 3 is 2.55 bits per heavy atom. The summed E-state index contributed by atoms with van der Waals surface area (Å²) in [5, 5.41) is 10.9. The minimum absolute atomic E-state index is 0.0109. The number of nitrogen functional groups attached to an aromatic ring is 1. The standard InChI is InChI=1S/C15H23N3O2/c1-17(13-6-4-2-3-5-7-13)11-12-8-9-14(16)15(10-12)18(19)20/h8-10,13H,2-7,11,16H2,1H3. The molecule has 0 heterocycles. The van der Waals surface area contributed by atoms with Crippen LogP contribution in [0, 0.1) is 10.1 Å². The number of anilines is 1. The summed E-state index contributed by atoms with van der Waals surface area (Å²) in [6.45, 7) is 0.742. The molecule has 1 aliphatic carbocycles. The molecule has 1 aliphatic rings. The summed E-state index contributed by atoms with van der Waals surface area (Å²) in [5.74, 6) is 0. The summed E-state index contributed by atoms with van der Waals surface area (Å²) < 4.78 is 0. The van der Waals surface area contributed by atoms with E-state index in [1.54, 1.807) is 12.1 Å². The molecule has 0 spiro atoms. The van der Waals surface area contributed by atoms with Crippen LogP contribution >= 0.6 is 0 Å². The summed E-state index contributed by atoms with van der Waals surface area (Å²) in [7, 11) is 2.11. The van der Waals surface area contributed by atoms with Gasteiger partial charge in [0.05, 0.1) is 4.92 Å². The van der Waals surface area contributed by atoms with Gasteiger partial charge in [0, 0.05) is 18.7 Å². The lowest BCUT2D eigenvalue weighted by atomic mass is 10.1. The molecule has 2 N–H and O–H groups in total. The van der Waals surface area contributed by atoms with Crippen LogP contribution in [0.25, 0.3) is 0 Å². The monoisotopic (exact) mass is 277 g/mol. The molecule has 1 saturated carbocycles. The highest BCUT2D eigenvalue weighted by Crippen LogP contribution is 2.25. The minimum atomic E-state index is -0.412. The Morgan fingerprint density at radius 2 is 1.95 bits per heavy atom. The van der Waals surface area contributed by atoms with E-state index in [-0.39, 0.29) is 11.4 Å². The van der Waals surface area contributed by atoms with E-state index in [4.69, 9.17) is 5.73 Å². The molecule has 1 aromatic carbocycles. The molecular weight excluding hydrogens is 254 g/mol. The maximum atomic E-state index is 10.9. The van der Waals surface area contributed by atoms with Gasteiger partial charge in [0.1, 0.15) is 5.69 Å². The largest absolute Gasteiger partial charge is 0.393 e. The van der Waals surface area contributed by atoms with Gasteiger partial charge in [0.15, 0.2) is 0 Å². The maximum Gasteiger partial charge on any atom is 0.292 e. The van der Waals surface area contributed by atoms with E-state index >= 15 is 0 Å². The summed E-state index contributed by atoms with van der Waals surface area (Å²) in [4.78, 5) is 12.8. The molecule has 5 heteroatoms. The molecule has 0 atom stereocenters. The van der Waals surface area contributed by atoms with E-state index in [9.17, 15) is 10.1 Å². The zero-order valence-corrected chi connectivity index (χ0v) is 12.0. The van der Waals surface area contributed by atoms with Crippen LogP contribution in [-0.2, 0) is 6.54 Å². The number of nitro groups is 1. The van der Waals surface area contributed by atoms with Crippen molar-refractivity contribution in [3.8, 4) is 0 Å². The lowest BCUT2D eigenvalue weighted by molar-refractivity contribution is -0.384. The second-order valence-corrected chi connectivity index (χ2v) is 5.71. The molecule has 1 aromatic rings. The minimum Gasteiger partial charge on any atom is -0.393 e. The first-order chi connectivity index (χ1) is 9.58. The SMILES string of the molecule is CN(Cc1ccc(N)c([N+](=O)[O-])c1)C1CCCCCC1. The van der Waals surface area contributed by atoms with Gasteiger partial charge >= 0.3 is 0 Å². The second kappa shape index (κ2) is 6.70. The summed E-state index contributed by atoms with van der Waals surface area (Å²) in [5.41, 5.74) is 6.83. The predicted octanol–water partition coefficient (Wildman–Crippen LogP) is 3.33. The topological polar surface area (TPSA) is 72.4 Å².